The topological polar surface area (TPSA) is 79.5 Å². The monoisotopic (exact) mass is 475 g/mol. The van der Waals surface area contributed by atoms with Crippen LogP contribution in [-0.4, -0.2) is 23.5 Å². The second-order valence-corrected chi connectivity index (χ2v) is 8.62. The van der Waals surface area contributed by atoms with Gasteiger partial charge in [0.15, 0.2) is 5.11 Å². The van der Waals surface area contributed by atoms with Gasteiger partial charge in [0.2, 0.25) is 5.91 Å². The van der Waals surface area contributed by atoms with Gasteiger partial charge in [-0.25, -0.2) is 0 Å². The zero-order valence-corrected chi connectivity index (χ0v) is 20.1. The fourth-order valence-corrected chi connectivity index (χ4v) is 3.44. The molecule has 3 rings (SSSR count). The Labute approximate surface area is 205 Å². The number of hydrazine groups is 1. The number of benzene rings is 3. The number of carbonyl (C=O) groups excluding carboxylic acids is 2. The molecule has 0 unspecified atom stereocenters. The summed E-state index contributed by atoms with van der Waals surface area (Å²) in [6, 6.07) is 25.8. The van der Waals surface area contributed by atoms with E-state index in [9.17, 15) is 9.59 Å². The van der Waals surface area contributed by atoms with E-state index in [2.05, 4.69) is 30.0 Å². The smallest absolute Gasteiger partial charge is 0.257 e. The summed E-state index contributed by atoms with van der Waals surface area (Å²) in [6.45, 7) is 4.91. The van der Waals surface area contributed by atoms with E-state index >= 15 is 0 Å². The molecule has 7 heteroatoms. The molecule has 3 aromatic carbocycles. The molecule has 0 spiro atoms. The molecule has 0 fully saturated rings. The molecule has 3 aromatic rings. The van der Waals surface area contributed by atoms with Crippen LogP contribution in [0, 0.1) is 5.92 Å². The number of nitrogens with one attached hydrogen (secondary N) is 3. The first kappa shape index (κ1) is 24.9. The predicted octanol–water partition coefficient (Wildman–Crippen LogP) is 4.58. The van der Waals surface area contributed by atoms with Crippen LogP contribution < -0.4 is 20.9 Å². The Morgan fingerprint density at radius 3 is 1.91 bits per heavy atom. The predicted molar refractivity (Wildman–Crippen MR) is 137 cm³/mol. The summed E-state index contributed by atoms with van der Waals surface area (Å²) in [7, 11) is 0. The van der Waals surface area contributed by atoms with Gasteiger partial charge in [-0.15, -0.1) is 0 Å². The molecular formula is C27H29N3O3S. The molecule has 0 aliphatic carbocycles. The van der Waals surface area contributed by atoms with Gasteiger partial charge in [0.25, 0.3) is 5.91 Å². The molecular weight excluding hydrogens is 446 g/mol. The molecule has 0 bridgehead atoms. The third kappa shape index (κ3) is 7.42. The van der Waals surface area contributed by atoms with Crippen molar-refractivity contribution in [2.75, 3.05) is 6.61 Å². The van der Waals surface area contributed by atoms with Gasteiger partial charge < -0.3 is 4.74 Å². The Bertz CT molecular complexity index is 1050. The van der Waals surface area contributed by atoms with Gasteiger partial charge in [-0.05, 0) is 59.9 Å². The number of hydrogen-bond donors (Lipinski definition) is 3. The van der Waals surface area contributed by atoms with Crippen LogP contribution in [0.15, 0.2) is 84.9 Å². The summed E-state index contributed by atoms with van der Waals surface area (Å²) in [5.74, 6) is 0.0597. The van der Waals surface area contributed by atoms with Crippen LogP contribution in [0.2, 0.25) is 0 Å². The van der Waals surface area contributed by atoms with Crippen molar-refractivity contribution >= 4 is 29.1 Å². The fraction of sp³-hybridized carbons (Fsp3) is 0.222. The summed E-state index contributed by atoms with van der Waals surface area (Å²) >= 11 is 5.19. The van der Waals surface area contributed by atoms with Crippen LogP contribution in [0.5, 0.6) is 5.75 Å². The Morgan fingerprint density at radius 2 is 1.38 bits per heavy atom. The van der Waals surface area contributed by atoms with Gasteiger partial charge in [-0.2, -0.15) is 0 Å². The summed E-state index contributed by atoms with van der Waals surface area (Å²) in [6.07, 6.45) is 0.962. The first-order chi connectivity index (χ1) is 16.4. The van der Waals surface area contributed by atoms with Gasteiger partial charge in [0.1, 0.15) is 5.75 Å². The molecule has 0 aliphatic rings. The number of carbonyl (C=O) groups is 2. The Kier molecular flexibility index (Phi) is 9.17. The van der Waals surface area contributed by atoms with Gasteiger partial charge >= 0.3 is 0 Å². The quantitative estimate of drug-likeness (QED) is 0.328. The zero-order chi connectivity index (χ0) is 24.3. The Hall–Kier alpha value is -3.71. The third-order valence-corrected chi connectivity index (χ3v) is 5.34. The molecule has 6 nitrogen and oxygen atoms in total. The SMILES string of the molecule is CC(C)CCOc1ccc(C(=O)NC(=S)NNC(=O)C(c2ccccc2)c2ccccc2)cc1. The van der Waals surface area contributed by atoms with Gasteiger partial charge in [0, 0.05) is 5.56 Å². The highest BCUT2D eigenvalue weighted by Crippen LogP contribution is 2.24. The van der Waals surface area contributed by atoms with Gasteiger partial charge in [-0.1, -0.05) is 74.5 Å². The van der Waals surface area contributed by atoms with E-state index < -0.39 is 5.92 Å². The molecule has 0 aliphatic heterocycles. The van der Waals surface area contributed by atoms with Crippen LogP contribution in [-0.2, 0) is 4.79 Å². The van der Waals surface area contributed by atoms with E-state index in [4.69, 9.17) is 17.0 Å². The van der Waals surface area contributed by atoms with E-state index in [-0.39, 0.29) is 16.9 Å². The second kappa shape index (κ2) is 12.5. The van der Waals surface area contributed by atoms with Gasteiger partial charge in [-0.3, -0.25) is 25.8 Å². The van der Waals surface area contributed by atoms with Crippen molar-refractivity contribution in [1.29, 1.82) is 0 Å². The highest BCUT2D eigenvalue weighted by Gasteiger charge is 2.22. The van der Waals surface area contributed by atoms with E-state index in [1.807, 2.05) is 60.7 Å². The lowest BCUT2D eigenvalue weighted by atomic mass is 9.91. The summed E-state index contributed by atoms with van der Waals surface area (Å²) in [5, 5.41) is 2.57. The number of amides is 2. The normalized spacial score (nSPS) is 10.6. The maximum atomic E-state index is 13.0. The van der Waals surface area contributed by atoms with Crippen molar-refractivity contribution in [3.63, 3.8) is 0 Å². The van der Waals surface area contributed by atoms with E-state index in [1.165, 1.54) is 0 Å². The molecule has 2 amide bonds. The van der Waals surface area contributed by atoms with Crippen molar-refractivity contribution in [3.8, 4) is 5.75 Å². The number of hydrogen-bond acceptors (Lipinski definition) is 4. The van der Waals surface area contributed by atoms with Crippen LogP contribution in [0.25, 0.3) is 0 Å². The van der Waals surface area contributed by atoms with Crippen LogP contribution in [0.1, 0.15) is 47.7 Å². The van der Waals surface area contributed by atoms with Crippen LogP contribution >= 0.6 is 12.2 Å². The van der Waals surface area contributed by atoms with E-state index in [0.29, 0.717) is 23.8 Å². The second-order valence-electron chi connectivity index (χ2n) is 8.21. The molecule has 0 heterocycles. The largest absolute Gasteiger partial charge is 0.494 e. The molecule has 0 atom stereocenters. The molecule has 3 N–H and O–H groups in total. The minimum atomic E-state index is -0.531. The minimum Gasteiger partial charge on any atom is -0.494 e. The standard InChI is InChI=1S/C27H29N3O3S/c1-19(2)17-18-33-23-15-13-22(14-16-23)25(31)28-27(34)30-29-26(32)24(20-9-5-3-6-10-20)21-11-7-4-8-12-21/h3-16,19,24H,17-18H2,1-2H3,(H,29,32)(H2,28,30,31,34). The van der Waals surface area contributed by atoms with Crippen molar-refractivity contribution in [2.24, 2.45) is 5.92 Å². The van der Waals surface area contributed by atoms with Crippen LogP contribution in [0.4, 0.5) is 0 Å². The lowest BCUT2D eigenvalue weighted by Gasteiger charge is -2.19. The number of ether oxygens (including phenoxy) is 1. The fourth-order valence-electron chi connectivity index (χ4n) is 3.30. The average molecular weight is 476 g/mol. The lowest BCUT2D eigenvalue weighted by molar-refractivity contribution is -0.122. The summed E-state index contributed by atoms with van der Waals surface area (Å²) < 4.78 is 5.68. The molecule has 0 saturated carbocycles. The summed E-state index contributed by atoms with van der Waals surface area (Å²) in [5.41, 5.74) is 7.36. The van der Waals surface area contributed by atoms with Crippen molar-refractivity contribution in [2.45, 2.75) is 26.2 Å². The molecule has 0 radical (unpaired) electrons. The lowest BCUT2D eigenvalue weighted by Crippen LogP contribution is -2.49. The highest BCUT2D eigenvalue weighted by molar-refractivity contribution is 7.80. The third-order valence-electron chi connectivity index (χ3n) is 5.13. The maximum Gasteiger partial charge on any atom is 0.257 e. The van der Waals surface area contributed by atoms with E-state index in [0.717, 1.165) is 17.5 Å². The number of thiocarbonyl (C=S) groups is 1. The highest BCUT2D eigenvalue weighted by atomic mass is 32.1. The van der Waals surface area contributed by atoms with Crippen molar-refractivity contribution in [3.05, 3.63) is 102 Å². The Balaban J connectivity index is 1.55. The van der Waals surface area contributed by atoms with Crippen molar-refractivity contribution in [1.82, 2.24) is 16.2 Å². The molecule has 176 valence electrons. The van der Waals surface area contributed by atoms with Gasteiger partial charge in [0.05, 0.1) is 12.5 Å². The van der Waals surface area contributed by atoms with Crippen LogP contribution in [0.3, 0.4) is 0 Å². The first-order valence-corrected chi connectivity index (χ1v) is 11.6. The molecule has 0 aromatic heterocycles. The number of rotatable bonds is 8. The first-order valence-electron chi connectivity index (χ1n) is 11.2. The van der Waals surface area contributed by atoms with Crippen molar-refractivity contribution < 1.29 is 14.3 Å². The Morgan fingerprint density at radius 1 is 0.824 bits per heavy atom. The summed E-state index contributed by atoms with van der Waals surface area (Å²) in [4.78, 5) is 25.5. The molecule has 34 heavy (non-hydrogen) atoms. The van der Waals surface area contributed by atoms with E-state index in [1.54, 1.807) is 24.3 Å². The maximum absolute atomic E-state index is 13.0. The zero-order valence-electron chi connectivity index (χ0n) is 19.3. The minimum absolute atomic E-state index is 0.00418. The molecule has 0 saturated heterocycles. The average Bonchev–Trinajstić information content (AvgIpc) is 2.84.